The molecule has 0 saturated carbocycles. The molecule has 0 amide bonds. The van der Waals surface area contributed by atoms with Crippen LogP contribution in [0.1, 0.15) is 32.6 Å². The predicted molar refractivity (Wildman–Crippen MR) is 86.7 cm³/mol. The highest BCUT2D eigenvalue weighted by atomic mass is 16.5. The summed E-state index contributed by atoms with van der Waals surface area (Å²) in [5.74, 6) is 1.78. The molecule has 5 nitrogen and oxygen atoms in total. The number of rotatable bonds is 6. The van der Waals surface area contributed by atoms with Crippen LogP contribution in [0.25, 0.3) is 11.0 Å². The summed E-state index contributed by atoms with van der Waals surface area (Å²) in [5.41, 5.74) is 8.13. The Kier molecular flexibility index (Phi) is 4.85. The predicted octanol–water partition coefficient (Wildman–Crippen LogP) is 2.40. The maximum atomic E-state index is 6.08. The van der Waals surface area contributed by atoms with Crippen molar-refractivity contribution < 1.29 is 4.74 Å². The van der Waals surface area contributed by atoms with Crippen molar-refractivity contribution in [1.82, 2.24) is 14.5 Å². The van der Waals surface area contributed by atoms with Gasteiger partial charge in [0.05, 0.1) is 23.2 Å². The number of benzene rings is 1. The van der Waals surface area contributed by atoms with Crippen LogP contribution >= 0.6 is 0 Å². The average molecular weight is 290 g/mol. The van der Waals surface area contributed by atoms with Gasteiger partial charge < -0.3 is 19.9 Å². The number of ether oxygens (including phenoxy) is 1. The Labute approximate surface area is 126 Å². The number of nitrogens with two attached hydrogens (primary N) is 1. The van der Waals surface area contributed by atoms with Gasteiger partial charge in [0.25, 0.3) is 0 Å². The van der Waals surface area contributed by atoms with Crippen LogP contribution < -0.4 is 10.5 Å². The van der Waals surface area contributed by atoms with Crippen LogP contribution in [0, 0.1) is 0 Å². The van der Waals surface area contributed by atoms with E-state index in [1.807, 2.05) is 32.9 Å². The molecule has 0 saturated heterocycles. The molecule has 2 rings (SSSR count). The van der Waals surface area contributed by atoms with Crippen LogP contribution in [0.2, 0.25) is 0 Å². The zero-order chi connectivity index (χ0) is 15.6. The first-order chi connectivity index (χ1) is 9.88. The molecule has 0 aliphatic heterocycles. The molecule has 21 heavy (non-hydrogen) atoms. The van der Waals surface area contributed by atoms with E-state index < -0.39 is 0 Å². The van der Waals surface area contributed by atoms with Crippen molar-refractivity contribution >= 4 is 11.0 Å². The van der Waals surface area contributed by atoms with E-state index in [-0.39, 0.29) is 12.1 Å². The Balaban J connectivity index is 2.41. The standard InChI is InChI=1S/C16H26N4O/c1-11(2)21-13-6-7-15-14(10-13)18-16(12(3)17)20(15)9-8-19(4)5/h6-7,10-12H,8-9,17H2,1-5H3. The van der Waals surface area contributed by atoms with E-state index in [4.69, 9.17) is 15.5 Å². The monoisotopic (exact) mass is 290 g/mol. The van der Waals surface area contributed by atoms with Crippen molar-refractivity contribution in [3.8, 4) is 5.75 Å². The second-order valence-electron chi connectivity index (χ2n) is 6.03. The zero-order valence-electron chi connectivity index (χ0n) is 13.6. The minimum absolute atomic E-state index is 0.0889. The Hall–Kier alpha value is -1.59. The van der Waals surface area contributed by atoms with Gasteiger partial charge in [-0.1, -0.05) is 0 Å². The molecule has 1 aromatic carbocycles. The maximum Gasteiger partial charge on any atom is 0.126 e. The average Bonchev–Trinajstić information content (AvgIpc) is 2.73. The van der Waals surface area contributed by atoms with Gasteiger partial charge in [-0.15, -0.1) is 0 Å². The molecule has 0 radical (unpaired) electrons. The third kappa shape index (κ3) is 3.74. The fraction of sp³-hybridized carbons (Fsp3) is 0.562. The summed E-state index contributed by atoms with van der Waals surface area (Å²) in [6.07, 6.45) is 0.158. The number of fused-ring (bicyclic) bond motifs is 1. The van der Waals surface area contributed by atoms with E-state index in [1.165, 1.54) is 0 Å². The summed E-state index contributed by atoms with van der Waals surface area (Å²) in [5, 5.41) is 0. The molecule has 1 unspecified atom stereocenters. The Morgan fingerprint density at radius 3 is 2.57 bits per heavy atom. The summed E-state index contributed by atoms with van der Waals surface area (Å²) >= 11 is 0. The first-order valence-electron chi connectivity index (χ1n) is 7.45. The molecule has 1 aromatic heterocycles. The van der Waals surface area contributed by atoms with Crippen molar-refractivity contribution in [3.05, 3.63) is 24.0 Å². The molecule has 0 fully saturated rings. The van der Waals surface area contributed by atoms with E-state index >= 15 is 0 Å². The minimum atomic E-state index is -0.0889. The van der Waals surface area contributed by atoms with Gasteiger partial charge in [-0.05, 0) is 47.0 Å². The smallest absolute Gasteiger partial charge is 0.126 e. The fourth-order valence-electron chi connectivity index (χ4n) is 2.36. The third-order valence-electron chi connectivity index (χ3n) is 3.30. The number of imidazole rings is 1. The Morgan fingerprint density at radius 1 is 1.29 bits per heavy atom. The molecular formula is C16H26N4O. The highest BCUT2D eigenvalue weighted by Crippen LogP contribution is 2.24. The highest BCUT2D eigenvalue weighted by Gasteiger charge is 2.14. The van der Waals surface area contributed by atoms with Gasteiger partial charge in [0, 0.05) is 19.2 Å². The first-order valence-corrected chi connectivity index (χ1v) is 7.45. The number of hydrogen-bond donors (Lipinski definition) is 1. The molecule has 2 N–H and O–H groups in total. The van der Waals surface area contributed by atoms with Gasteiger partial charge in [-0.2, -0.15) is 0 Å². The van der Waals surface area contributed by atoms with E-state index in [1.54, 1.807) is 0 Å². The van der Waals surface area contributed by atoms with Crippen molar-refractivity contribution in [2.24, 2.45) is 5.73 Å². The Bertz CT molecular complexity index is 602. The molecule has 1 heterocycles. The van der Waals surface area contributed by atoms with Gasteiger partial charge in [0.15, 0.2) is 0 Å². The molecule has 0 aliphatic rings. The molecular weight excluding hydrogens is 264 g/mol. The van der Waals surface area contributed by atoms with E-state index in [9.17, 15) is 0 Å². The molecule has 0 aliphatic carbocycles. The molecule has 5 heteroatoms. The number of likely N-dealkylation sites (N-methyl/N-ethyl adjacent to an activating group) is 1. The second-order valence-corrected chi connectivity index (χ2v) is 6.03. The van der Waals surface area contributed by atoms with Crippen molar-refractivity contribution in [2.75, 3.05) is 20.6 Å². The van der Waals surface area contributed by atoms with Gasteiger partial charge in [0.2, 0.25) is 0 Å². The highest BCUT2D eigenvalue weighted by molar-refractivity contribution is 5.78. The van der Waals surface area contributed by atoms with Crippen LogP contribution in [0.4, 0.5) is 0 Å². The molecule has 2 aromatic rings. The Morgan fingerprint density at radius 2 is 2.00 bits per heavy atom. The lowest BCUT2D eigenvalue weighted by Gasteiger charge is -2.15. The van der Waals surface area contributed by atoms with Crippen LogP contribution in [0.3, 0.4) is 0 Å². The van der Waals surface area contributed by atoms with Crippen LogP contribution in [0.5, 0.6) is 5.75 Å². The quantitative estimate of drug-likeness (QED) is 0.887. The van der Waals surface area contributed by atoms with Gasteiger partial charge in [-0.25, -0.2) is 4.98 Å². The summed E-state index contributed by atoms with van der Waals surface area (Å²) in [6.45, 7) is 7.85. The molecule has 116 valence electrons. The molecule has 1 atom stereocenters. The first kappa shape index (κ1) is 15.8. The largest absolute Gasteiger partial charge is 0.491 e. The lowest BCUT2D eigenvalue weighted by Crippen LogP contribution is -2.21. The third-order valence-corrected chi connectivity index (χ3v) is 3.30. The van der Waals surface area contributed by atoms with Crippen molar-refractivity contribution in [1.29, 1.82) is 0 Å². The van der Waals surface area contributed by atoms with Crippen LogP contribution in [-0.2, 0) is 6.54 Å². The van der Waals surface area contributed by atoms with Crippen LogP contribution in [0.15, 0.2) is 18.2 Å². The topological polar surface area (TPSA) is 56.3 Å². The van der Waals surface area contributed by atoms with Gasteiger partial charge in [-0.3, -0.25) is 0 Å². The minimum Gasteiger partial charge on any atom is -0.491 e. The van der Waals surface area contributed by atoms with Gasteiger partial charge >= 0.3 is 0 Å². The maximum absolute atomic E-state index is 6.08. The van der Waals surface area contributed by atoms with E-state index in [0.717, 1.165) is 35.7 Å². The SMILES string of the molecule is CC(C)Oc1ccc2c(c1)nc(C(C)N)n2CCN(C)C. The zero-order valence-corrected chi connectivity index (χ0v) is 13.6. The lowest BCUT2D eigenvalue weighted by atomic mass is 10.3. The molecule has 0 bridgehead atoms. The summed E-state index contributed by atoms with van der Waals surface area (Å²) in [7, 11) is 4.14. The summed E-state index contributed by atoms with van der Waals surface area (Å²) in [6, 6.07) is 5.98. The van der Waals surface area contributed by atoms with Gasteiger partial charge in [0.1, 0.15) is 11.6 Å². The van der Waals surface area contributed by atoms with E-state index in [0.29, 0.717) is 0 Å². The van der Waals surface area contributed by atoms with Crippen molar-refractivity contribution in [2.45, 2.75) is 39.5 Å². The van der Waals surface area contributed by atoms with E-state index in [2.05, 4.69) is 29.6 Å². The van der Waals surface area contributed by atoms with Crippen LogP contribution in [-0.4, -0.2) is 41.2 Å². The second kappa shape index (κ2) is 6.45. The number of hydrogen-bond acceptors (Lipinski definition) is 4. The lowest BCUT2D eigenvalue weighted by molar-refractivity contribution is 0.242. The molecule has 0 spiro atoms. The fourth-order valence-corrected chi connectivity index (χ4v) is 2.36. The number of aromatic nitrogens is 2. The summed E-state index contributed by atoms with van der Waals surface area (Å²) in [4.78, 5) is 6.86. The normalized spacial score (nSPS) is 13.3. The van der Waals surface area contributed by atoms with Crippen molar-refractivity contribution in [3.63, 3.8) is 0 Å². The summed E-state index contributed by atoms with van der Waals surface area (Å²) < 4.78 is 7.95. The number of nitrogens with zero attached hydrogens (tertiary/aromatic N) is 3.